The normalized spacial score (nSPS) is 21.4. The largest absolute Gasteiger partial charge is 0.467 e. The predicted molar refractivity (Wildman–Crippen MR) is 97.4 cm³/mol. The number of nitrogens with zero attached hydrogens (tertiary/aromatic N) is 1. The van der Waals surface area contributed by atoms with Crippen LogP contribution in [0.25, 0.3) is 0 Å². The van der Waals surface area contributed by atoms with Gasteiger partial charge in [-0.05, 0) is 24.8 Å². The molecule has 1 saturated heterocycles. The molecule has 1 amide bonds. The average molecular weight is 375 g/mol. The van der Waals surface area contributed by atoms with Crippen molar-refractivity contribution in [3.8, 4) is 0 Å². The second-order valence-electron chi connectivity index (χ2n) is 6.35. The average Bonchev–Trinajstić information content (AvgIpc) is 3.02. The van der Waals surface area contributed by atoms with Gasteiger partial charge in [-0.3, -0.25) is 9.69 Å². The summed E-state index contributed by atoms with van der Waals surface area (Å²) in [5, 5.41) is 0. The van der Waals surface area contributed by atoms with Gasteiger partial charge in [0.15, 0.2) is 6.23 Å². The van der Waals surface area contributed by atoms with Crippen LogP contribution in [0.5, 0.6) is 0 Å². The van der Waals surface area contributed by atoms with E-state index in [0.29, 0.717) is 19.3 Å². The molecular weight excluding hydrogens is 350 g/mol. The Hall–Kier alpha value is -2.83. The number of amides is 1. The minimum absolute atomic E-state index is 0.0498. The molecule has 1 heterocycles. The molecule has 0 N–H and O–H groups in total. The van der Waals surface area contributed by atoms with E-state index in [1.165, 1.54) is 18.9 Å². The van der Waals surface area contributed by atoms with E-state index in [-0.39, 0.29) is 12.5 Å². The lowest BCUT2D eigenvalue weighted by Crippen LogP contribution is -2.47. The van der Waals surface area contributed by atoms with Gasteiger partial charge in [0.1, 0.15) is 12.6 Å². The Bertz CT molecular complexity index is 674. The third kappa shape index (κ3) is 5.32. The summed E-state index contributed by atoms with van der Waals surface area (Å²) >= 11 is 0. The van der Waals surface area contributed by atoms with Gasteiger partial charge in [0.25, 0.3) is 0 Å². The zero-order chi connectivity index (χ0) is 19.8. The first-order valence-electron chi connectivity index (χ1n) is 8.82. The molecule has 27 heavy (non-hydrogen) atoms. The van der Waals surface area contributed by atoms with Crippen molar-refractivity contribution in [3.63, 3.8) is 0 Å². The fourth-order valence-corrected chi connectivity index (χ4v) is 3.21. The maximum atomic E-state index is 12.7. The van der Waals surface area contributed by atoms with Crippen LogP contribution in [0.2, 0.25) is 0 Å². The van der Waals surface area contributed by atoms with Crippen molar-refractivity contribution in [2.24, 2.45) is 5.92 Å². The third-order valence-electron chi connectivity index (χ3n) is 4.46. The van der Waals surface area contributed by atoms with Gasteiger partial charge in [-0.2, -0.15) is 0 Å². The summed E-state index contributed by atoms with van der Waals surface area (Å²) in [4.78, 5) is 37.7. The predicted octanol–water partition coefficient (Wildman–Crippen LogP) is 3.04. The van der Waals surface area contributed by atoms with E-state index >= 15 is 0 Å². The van der Waals surface area contributed by atoms with E-state index in [2.05, 4.69) is 6.58 Å². The Morgan fingerprint density at radius 2 is 1.96 bits per heavy atom. The Morgan fingerprint density at radius 3 is 2.56 bits per heavy atom. The molecule has 7 nitrogen and oxygen atoms in total. The van der Waals surface area contributed by atoms with Crippen molar-refractivity contribution < 1.29 is 28.6 Å². The van der Waals surface area contributed by atoms with Crippen LogP contribution >= 0.6 is 0 Å². The van der Waals surface area contributed by atoms with Gasteiger partial charge in [-0.25, -0.2) is 9.59 Å². The molecule has 0 aliphatic carbocycles. The number of carbonyl (C=O) groups is 3. The van der Waals surface area contributed by atoms with Crippen molar-refractivity contribution in [1.29, 1.82) is 0 Å². The van der Waals surface area contributed by atoms with Crippen LogP contribution in [-0.4, -0.2) is 42.3 Å². The standard InChI is InChI=1S/C20H25NO6/c1-4-5-11-16-12-17(19(23)25-3)21(18(16)27-14(2)22)20(24)26-13-15-9-7-6-8-10-15/h4,6-10,16-18H,1,5,11-13H2,2-3H3/t16-,17-,18?/m0/s1. The Morgan fingerprint density at radius 1 is 1.26 bits per heavy atom. The number of carbonyl (C=O) groups excluding carboxylic acids is 3. The first-order valence-corrected chi connectivity index (χ1v) is 8.82. The number of esters is 2. The molecule has 0 radical (unpaired) electrons. The van der Waals surface area contributed by atoms with Crippen molar-refractivity contribution in [2.75, 3.05) is 7.11 Å². The quantitative estimate of drug-likeness (QED) is 0.414. The van der Waals surface area contributed by atoms with Crippen LogP contribution < -0.4 is 0 Å². The fourth-order valence-electron chi connectivity index (χ4n) is 3.21. The molecule has 1 aromatic rings. The summed E-state index contributed by atoms with van der Waals surface area (Å²) in [6.45, 7) is 5.01. The van der Waals surface area contributed by atoms with Crippen molar-refractivity contribution >= 4 is 18.0 Å². The number of hydrogen-bond acceptors (Lipinski definition) is 6. The number of allylic oxidation sites excluding steroid dienone is 1. The molecule has 1 aliphatic heterocycles. The van der Waals surface area contributed by atoms with E-state index in [4.69, 9.17) is 14.2 Å². The Kier molecular flexibility index (Phi) is 7.40. The molecule has 0 spiro atoms. The van der Waals surface area contributed by atoms with E-state index in [1.54, 1.807) is 6.08 Å². The number of likely N-dealkylation sites (tertiary alicyclic amines) is 1. The maximum absolute atomic E-state index is 12.7. The summed E-state index contributed by atoms with van der Waals surface area (Å²) in [7, 11) is 1.26. The lowest BCUT2D eigenvalue weighted by molar-refractivity contribution is -0.161. The van der Waals surface area contributed by atoms with E-state index in [1.807, 2.05) is 30.3 Å². The number of methoxy groups -OCH3 is 1. The SMILES string of the molecule is C=CCC[C@H]1C[C@@H](C(=O)OC)N(C(=O)OCc2ccccc2)C1OC(C)=O. The van der Waals surface area contributed by atoms with Crippen molar-refractivity contribution in [1.82, 2.24) is 4.90 Å². The molecular formula is C20H25NO6. The highest BCUT2D eigenvalue weighted by Crippen LogP contribution is 2.35. The van der Waals surface area contributed by atoms with Crippen LogP contribution in [-0.2, 0) is 30.4 Å². The van der Waals surface area contributed by atoms with Crippen LogP contribution in [0.15, 0.2) is 43.0 Å². The van der Waals surface area contributed by atoms with E-state index < -0.39 is 30.3 Å². The summed E-state index contributed by atoms with van der Waals surface area (Å²) < 4.78 is 15.6. The van der Waals surface area contributed by atoms with Gasteiger partial charge >= 0.3 is 18.0 Å². The molecule has 0 aromatic heterocycles. The van der Waals surface area contributed by atoms with E-state index in [0.717, 1.165) is 5.56 Å². The zero-order valence-corrected chi connectivity index (χ0v) is 15.6. The summed E-state index contributed by atoms with van der Waals surface area (Å²) in [6.07, 6.45) is 1.77. The highest BCUT2D eigenvalue weighted by atomic mass is 16.6. The second kappa shape index (κ2) is 9.75. The summed E-state index contributed by atoms with van der Waals surface area (Å²) in [5.41, 5.74) is 0.812. The topological polar surface area (TPSA) is 82.1 Å². The lowest BCUT2D eigenvalue weighted by atomic mass is 9.98. The van der Waals surface area contributed by atoms with E-state index in [9.17, 15) is 14.4 Å². The molecule has 3 atom stereocenters. The van der Waals surface area contributed by atoms with Gasteiger partial charge in [-0.1, -0.05) is 36.4 Å². The third-order valence-corrected chi connectivity index (χ3v) is 4.46. The number of ether oxygens (including phenoxy) is 3. The van der Waals surface area contributed by atoms with Gasteiger partial charge in [0.2, 0.25) is 0 Å². The second-order valence-corrected chi connectivity index (χ2v) is 6.35. The molecule has 7 heteroatoms. The number of rotatable bonds is 7. The van der Waals surface area contributed by atoms with Gasteiger partial charge in [-0.15, -0.1) is 6.58 Å². The molecule has 1 fully saturated rings. The minimum atomic E-state index is -0.880. The molecule has 1 aromatic carbocycles. The maximum Gasteiger partial charge on any atom is 0.413 e. The van der Waals surface area contributed by atoms with Gasteiger partial charge in [0.05, 0.1) is 7.11 Å². The fraction of sp³-hybridized carbons (Fsp3) is 0.450. The molecule has 2 rings (SSSR count). The molecule has 146 valence electrons. The number of benzene rings is 1. The Labute approximate surface area is 158 Å². The smallest absolute Gasteiger partial charge is 0.413 e. The summed E-state index contributed by atoms with van der Waals surface area (Å²) in [5.74, 6) is -1.31. The summed E-state index contributed by atoms with van der Waals surface area (Å²) in [6, 6.07) is 8.32. The van der Waals surface area contributed by atoms with Crippen LogP contribution in [0.3, 0.4) is 0 Å². The highest BCUT2D eigenvalue weighted by Gasteiger charge is 2.50. The lowest BCUT2D eigenvalue weighted by Gasteiger charge is -2.29. The van der Waals surface area contributed by atoms with Gasteiger partial charge in [0, 0.05) is 12.8 Å². The molecule has 0 saturated carbocycles. The monoisotopic (exact) mass is 375 g/mol. The van der Waals surface area contributed by atoms with Crippen molar-refractivity contribution in [3.05, 3.63) is 48.6 Å². The zero-order valence-electron chi connectivity index (χ0n) is 15.6. The van der Waals surface area contributed by atoms with Crippen molar-refractivity contribution in [2.45, 2.75) is 45.1 Å². The van der Waals surface area contributed by atoms with Crippen LogP contribution in [0.4, 0.5) is 4.79 Å². The first-order chi connectivity index (χ1) is 13.0. The molecule has 0 bridgehead atoms. The number of hydrogen-bond donors (Lipinski definition) is 0. The minimum Gasteiger partial charge on any atom is -0.467 e. The first kappa shape index (κ1) is 20.5. The van der Waals surface area contributed by atoms with Gasteiger partial charge < -0.3 is 14.2 Å². The van der Waals surface area contributed by atoms with Crippen LogP contribution in [0, 0.1) is 5.92 Å². The Balaban J connectivity index is 2.20. The molecule has 1 aliphatic rings. The van der Waals surface area contributed by atoms with Crippen LogP contribution in [0.1, 0.15) is 31.7 Å². The highest BCUT2D eigenvalue weighted by molar-refractivity contribution is 5.82. The molecule has 1 unspecified atom stereocenters.